The summed E-state index contributed by atoms with van der Waals surface area (Å²) >= 11 is 0. The van der Waals surface area contributed by atoms with Gasteiger partial charge in [-0.25, -0.2) is 0 Å². The lowest BCUT2D eigenvalue weighted by atomic mass is 10.4. The zero-order valence-corrected chi connectivity index (χ0v) is 10.4. The maximum atomic E-state index is 10.6. The molecule has 0 unspecified atom stereocenters. The van der Waals surface area contributed by atoms with Crippen molar-refractivity contribution in [2.75, 3.05) is 40.6 Å². The van der Waals surface area contributed by atoms with Gasteiger partial charge in [0, 0.05) is 6.92 Å². The van der Waals surface area contributed by atoms with E-state index in [1.807, 2.05) is 0 Å². The first kappa shape index (κ1) is 14.4. The Balaban J connectivity index is 3.53. The quantitative estimate of drug-likeness (QED) is 0.267. The summed E-state index contributed by atoms with van der Waals surface area (Å²) in [5.74, 6) is -0.220. The van der Waals surface area contributed by atoms with Crippen LogP contribution in [0.5, 0.6) is 0 Å². The van der Waals surface area contributed by atoms with E-state index in [4.69, 9.17) is 9.47 Å². The number of quaternary nitrogens is 1. The van der Waals surface area contributed by atoms with Crippen LogP contribution in [-0.2, 0) is 14.3 Å². The van der Waals surface area contributed by atoms with E-state index in [-0.39, 0.29) is 5.97 Å². The molecule has 0 N–H and O–H groups in total. The highest BCUT2D eigenvalue weighted by molar-refractivity contribution is 5.65. The smallest absolute Gasteiger partial charge is 0.302 e. The Morgan fingerprint density at radius 3 is 2.47 bits per heavy atom. The molecule has 4 nitrogen and oxygen atoms in total. The second-order valence-electron chi connectivity index (χ2n) is 4.39. The number of unbranched alkanes of at least 4 members (excludes halogenated alkanes) is 1. The zero-order valence-electron chi connectivity index (χ0n) is 10.4. The van der Waals surface area contributed by atoms with E-state index < -0.39 is 0 Å². The van der Waals surface area contributed by atoms with Gasteiger partial charge in [0.2, 0.25) is 0 Å². The van der Waals surface area contributed by atoms with Gasteiger partial charge in [-0.3, -0.25) is 4.79 Å². The summed E-state index contributed by atoms with van der Waals surface area (Å²) in [5.41, 5.74) is 0. The molecule has 0 radical (unpaired) electrons. The van der Waals surface area contributed by atoms with E-state index in [2.05, 4.69) is 21.0 Å². The molecule has 0 saturated carbocycles. The highest BCUT2D eigenvalue weighted by atomic mass is 16.5. The first-order chi connectivity index (χ1) is 6.98. The van der Waals surface area contributed by atoms with E-state index in [1.165, 1.54) is 6.92 Å². The summed E-state index contributed by atoms with van der Waals surface area (Å²) in [4.78, 5) is 10.6. The molecule has 0 heterocycles. The summed E-state index contributed by atoms with van der Waals surface area (Å²) in [7, 11) is 4.13. The molecule has 0 aliphatic carbocycles. The van der Waals surface area contributed by atoms with Crippen molar-refractivity contribution in [2.24, 2.45) is 0 Å². The summed E-state index contributed by atoms with van der Waals surface area (Å²) in [6, 6.07) is 0. The number of likely N-dealkylation sites (N-methyl/N-ethyl adjacent to an activating group) is 1. The van der Waals surface area contributed by atoms with Crippen LogP contribution in [0.4, 0.5) is 0 Å². The molecular weight excluding hydrogens is 194 g/mol. The van der Waals surface area contributed by atoms with Gasteiger partial charge in [-0.15, -0.1) is 0 Å². The van der Waals surface area contributed by atoms with Crippen molar-refractivity contribution in [3.8, 4) is 0 Å². The van der Waals surface area contributed by atoms with Crippen molar-refractivity contribution in [3.05, 3.63) is 0 Å². The van der Waals surface area contributed by atoms with Crippen LogP contribution in [0.3, 0.4) is 0 Å². The summed E-state index contributed by atoms with van der Waals surface area (Å²) in [6.45, 7) is 6.29. The SMILES string of the molecule is CCCCOC[N+](C)(C)CCOC(C)=O. The van der Waals surface area contributed by atoms with Gasteiger partial charge in [0.1, 0.15) is 13.2 Å². The molecular formula is C11H24NO3+. The van der Waals surface area contributed by atoms with Gasteiger partial charge in [-0.1, -0.05) is 13.3 Å². The zero-order chi connectivity index (χ0) is 11.7. The van der Waals surface area contributed by atoms with Gasteiger partial charge >= 0.3 is 5.97 Å². The second-order valence-corrected chi connectivity index (χ2v) is 4.39. The third-order valence-corrected chi connectivity index (χ3v) is 2.08. The van der Waals surface area contributed by atoms with Crippen molar-refractivity contribution >= 4 is 5.97 Å². The molecule has 0 aliphatic heterocycles. The lowest BCUT2D eigenvalue weighted by Crippen LogP contribution is -2.44. The fourth-order valence-corrected chi connectivity index (χ4v) is 1.06. The van der Waals surface area contributed by atoms with Crippen molar-refractivity contribution in [1.82, 2.24) is 0 Å². The third-order valence-electron chi connectivity index (χ3n) is 2.08. The minimum Gasteiger partial charge on any atom is -0.460 e. The number of esters is 1. The maximum absolute atomic E-state index is 10.6. The minimum absolute atomic E-state index is 0.220. The molecule has 15 heavy (non-hydrogen) atoms. The van der Waals surface area contributed by atoms with Crippen LogP contribution in [0, 0.1) is 0 Å². The molecule has 0 aromatic heterocycles. The van der Waals surface area contributed by atoms with Gasteiger partial charge in [0.05, 0.1) is 20.7 Å². The largest absolute Gasteiger partial charge is 0.460 e. The van der Waals surface area contributed by atoms with E-state index in [0.29, 0.717) is 13.3 Å². The van der Waals surface area contributed by atoms with Gasteiger partial charge in [-0.2, -0.15) is 0 Å². The normalized spacial score (nSPS) is 11.5. The highest BCUT2D eigenvalue weighted by Gasteiger charge is 2.15. The Hall–Kier alpha value is -0.610. The molecule has 0 aromatic rings. The highest BCUT2D eigenvalue weighted by Crippen LogP contribution is 1.99. The van der Waals surface area contributed by atoms with Gasteiger partial charge in [-0.05, 0) is 6.42 Å². The van der Waals surface area contributed by atoms with Crippen molar-refractivity contribution in [2.45, 2.75) is 26.7 Å². The van der Waals surface area contributed by atoms with E-state index in [0.717, 1.165) is 30.5 Å². The average molecular weight is 218 g/mol. The average Bonchev–Trinajstić information content (AvgIpc) is 2.11. The third kappa shape index (κ3) is 9.69. The predicted molar refractivity (Wildman–Crippen MR) is 59.3 cm³/mol. The molecule has 0 spiro atoms. The number of carbonyl (C=O) groups excluding carboxylic acids is 1. The fraction of sp³-hybridized carbons (Fsp3) is 0.909. The second kappa shape index (κ2) is 7.65. The summed E-state index contributed by atoms with van der Waals surface area (Å²) in [6.07, 6.45) is 2.25. The molecule has 0 atom stereocenters. The molecule has 90 valence electrons. The Labute approximate surface area is 92.7 Å². The van der Waals surface area contributed by atoms with Crippen LogP contribution >= 0.6 is 0 Å². The molecule has 0 aromatic carbocycles. The fourth-order valence-electron chi connectivity index (χ4n) is 1.06. The van der Waals surface area contributed by atoms with Crippen LogP contribution in [-0.4, -0.2) is 51.0 Å². The maximum Gasteiger partial charge on any atom is 0.302 e. The minimum atomic E-state index is -0.220. The monoisotopic (exact) mass is 218 g/mol. The molecule has 0 amide bonds. The van der Waals surface area contributed by atoms with Crippen LogP contribution in [0.25, 0.3) is 0 Å². The Bertz CT molecular complexity index is 181. The Kier molecular flexibility index (Phi) is 7.34. The van der Waals surface area contributed by atoms with Crippen LogP contribution in [0.15, 0.2) is 0 Å². The number of ether oxygens (including phenoxy) is 2. The molecule has 0 saturated heterocycles. The molecule has 0 aliphatic rings. The molecule has 0 fully saturated rings. The summed E-state index contributed by atoms with van der Waals surface area (Å²) < 4.78 is 11.1. The number of rotatable bonds is 8. The summed E-state index contributed by atoms with van der Waals surface area (Å²) in [5, 5.41) is 0. The van der Waals surface area contributed by atoms with Crippen molar-refractivity contribution in [1.29, 1.82) is 0 Å². The number of hydrogen-bond acceptors (Lipinski definition) is 3. The topological polar surface area (TPSA) is 35.5 Å². The lowest BCUT2D eigenvalue weighted by molar-refractivity contribution is -0.909. The molecule has 0 rings (SSSR count). The predicted octanol–water partition coefficient (Wildman–Crippen LogP) is 1.40. The van der Waals surface area contributed by atoms with E-state index >= 15 is 0 Å². The van der Waals surface area contributed by atoms with Gasteiger partial charge in [0.25, 0.3) is 0 Å². The van der Waals surface area contributed by atoms with Crippen LogP contribution < -0.4 is 0 Å². The van der Waals surface area contributed by atoms with Gasteiger partial charge < -0.3 is 14.0 Å². The van der Waals surface area contributed by atoms with Gasteiger partial charge in [0.15, 0.2) is 6.73 Å². The standard InChI is InChI=1S/C11H24NO3/c1-5-6-8-14-10-12(3,4)7-9-15-11(2)13/h5-10H2,1-4H3/q+1. The molecule has 4 heteroatoms. The van der Waals surface area contributed by atoms with E-state index in [1.54, 1.807) is 0 Å². The first-order valence-corrected chi connectivity index (χ1v) is 5.51. The Morgan fingerprint density at radius 2 is 1.93 bits per heavy atom. The number of carbonyl (C=O) groups is 1. The first-order valence-electron chi connectivity index (χ1n) is 5.51. The number of nitrogens with zero attached hydrogens (tertiary/aromatic N) is 1. The van der Waals surface area contributed by atoms with Crippen LogP contribution in [0.1, 0.15) is 26.7 Å². The van der Waals surface area contributed by atoms with Crippen LogP contribution in [0.2, 0.25) is 0 Å². The van der Waals surface area contributed by atoms with E-state index in [9.17, 15) is 4.79 Å². The number of hydrogen-bond donors (Lipinski definition) is 0. The van der Waals surface area contributed by atoms with Crippen molar-refractivity contribution < 1.29 is 18.8 Å². The Morgan fingerprint density at radius 1 is 1.27 bits per heavy atom. The molecule has 0 bridgehead atoms. The van der Waals surface area contributed by atoms with Crippen molar-refractivity contribution in [3.63, 3.8) is 0 Å². The lowest BCUT2D eigenvalue weighted by Gasteiger charge is -2.28.